The fourth-order valence-electron chi connectivity index (χ4n) is 3.94. The number of pyridine rings is 1. The fourth-order valence-corrected chi connectivity index (χ4v) is 3.94. The zero-order chi connectivity index (χ0) is 17.6. The minimum atomic E-state index is 1.04. The largest absolute Gasteiger partial charge is 0.347 e. The predicted octanol–water partition coefficient (Wildman–Crippen LogP) is 4.35. The van der Waals surface area contributed by atoms with Crippen LogP contribution in [0.3, 0.4) is 0 Å². The molecule has 3 nitrogen and oxygen atoms in total. The average molecular weight is 331 g/mol. The molecule has 2 aromatic heterocycles. The maximum atomic E-state index is 4.39. The molecule has 3 aromatic rings. The van der Waals surface area contributed by atoms with Crippen LogP contribution in [-0.2, 0) is 20.0 Å². The monoisotopic (exact) mass is 331 g/mol. The quantitative estimate of drug-likeness (QED) is 0.696. The van der Waals surface area contributed by atoms with E-state index in [1.807, 2.05) is 13.1 Å². The van der Waals surface area contributed by atoms with Crippen molar-refractivity contribution in [3.05, 3.63) is 64.1 Å². The van der Waals surface area contributed by atoms with Crippen LogP contribution >= 0.6 is 0 Å². The number of nitrogens with zero attached hydrogens (tertiary/aromatic N) is 3. The summed E-state index contributed by atoms with van der Waals surface area (Å²) in [7, 11) is 4.43. The number of hydrogen-bond donors (Lipinski definition) is 0. The van der Waals surface area contributed by atoms with Crippen molar-refractivity contribution in [1.82, 2.24) is 14.5 Å². The molecule has 128 valence electrons. The summed E-state index contributed by atoms with van der Waals surface area (Å²) in [5, 5.41) is 1.41. The molecule has 1 aromatic carbocycles. The Morgan fingerprint density at radius 2 is 1.92 bits per heavy atom. The van der Waals surface area contributed by atoms with Crippen molar-refractivity contribution in [2.75, 3.05) is 13.6 Å². The first-order valence-electron chi connectivity index (χ1n) is 8.93. The zero-order valence-corrected chi connectivity index (χ0v) is 15.5. The van der Waals surface area contributed by atoms with Crippen LogP contribution in [0.5, 0.6) is 0 Å². The Kier molecular flexibility index (Phi) is 3.97. The molecule has 0 atom stereocenters. The Labute approximate surface area is 149 Å². The van der Waals surface area contributed by atoms with Crippen molar-refractivity contribution in [3.63, 3.8) is 0 Å². The molecule has 0 saturated heterocycles. The van der Waals surface area contributed by atoms with Gasteiger partial charge in [0, 0.05) is 49.5 Å². The smallest absolute Gasteiger partial charge is 0.0557 e. The van der Waals surface area contributed by atoms with Gasteiger partial charge in [0.25, 0.3) is 0 Å². The molecule has 0 fully saturated rings. The van der Waals surface area contributed by atoms with Gasteiger partial charge in [-0.05, 0) is 61.3 Å². The van der Waals surface area contributed by atoms with Crippen molar-refractivity contribution in [1.29, 1.82) is 0 Å². The van der Waals surface area contributed by atoms with Gasteiger partial charge in [-0.3, -0.25) is 4.98 Å². The fraction of sp³-hybridized carbons (Fsp3) is 0.318. The number of aryl methyl sites for hydroxylation is 3. The van der Waals surface area contributed by atoms with E-state index in [1.165, 1.54) is 33.3 Å². The summed E-state index contributed by atoms with van der Waals surface area (Å²) in [4.78, 5) is 6.80. The molecule has 0 N–H and O–H groups in total. The van der Waals surface area contributed by atoms with Crippen molar-refractivity contribution in [2.45, 2.75) is 26.8 Å². The van der Waals surface area contributed by atoms with E-state index in [0.717, 1.165) is 30.8 Å². The van der Waals surface area contributed by atoms with Crippen LogP contribution in [0.15, 0.2) is 30.5 Å². The molecule has 0 aliphatic carbocycles. The molecule has 25 heavy (non-hydrogen) atoms. The second-order valence-corrected chi connectivity index (χ2v) is 7.29. The van der Waals surface area contributed by atoms with Gasteiger partial charge in [-0.25, -0.2) is 0 Å². The molecule has 0 saturated carbocycles. The lowest BCUT2D eigenvalue weighted by Gasteiger charge is -2.23. The average Bonchev–Trinajstić information content (AvgIpc) is 2.86. The molecular formula is C22H25N3. The Hall–Kier alpha value is -2.39. The van der Waals surface area contributed by atoms with Crippen LogP contribution in [-0.4, -0.2) is 28.0 Å². The van der Waals surface area contributed by atoms with Gasteiger partial charge in [0.15, 0.2) is 0 Å². The molecule has 1 aliphatic rings. The summed E-state index contributed by atoms with van der Waals surface area (Å²) in [6.45, 7) is 6.39. The molecule has 0 bridgehead atoms. The van der Waals surface area contributed by atoms with E-state index >= 15 is 0 Å². The van der Waals surface area contributed by atoms with Crippen LogP contribution in [0.25, 0.3) is 23.1 Å². The van der Waals surface area contributed by atoms with E-state index in [-0.39, 0.29) is 0 Å². The highest BCUT2D eigenvalue weighted by molar-refractivity contribution is 5.95. The zero-order valence-electron chi connectivity index (χ0n) is 15.5. The topological polar surface area (TPSA) is 21.1 Å². The van der Waals surface area contributed by atoms with Gasteiger partial charge in [0.05, 0.1) is 5.52 Å². The Bertz CT molecular complexity index is 961. The lowest BCUT2D eigenvalue weighted by Crippen LogP contribution is -2.26. The third-order valence-electron chi connectivity index (χ3n) is 5.25. The van der Waals surface area contributed by atoms with Crippen LogP contribution in [0.4, 0.5) is 0 Å². The standard InChI is InChI=1S/C22H25N3/c1-15-11-18(8-7-17-6-5-16(2)23-13-17)22-19(12-15)20-14-24(3)10-9-21(20)25(22)4/h5-8,11-13H,9-10,14H2,1-4H3/b8-7+. The maximum absolute atomic E-state index is 4.39. The van der Waals surface area contributed by atoms with Gasteiger partial charge in [-0.2, -0.15) is 0 Å². The molecule has 0 unspecified atom stereocenters. The highest BCUT2D eigenvalue weighted by Crippen LogP contribution is 2.33. The second kappa shape index (κ2) is 6.16. The van der Waals surface area contributed by atoms with Crippen LogP contribution in [0.1, 0.15) is 33.6 Å². The lowest BCUT2D eigenvalue weighted by molar-refractivity contribution is 0.310. The van der Waals surface area contributed by atoms with E-state index < -0.39 is 0 Å². The third-order valence-corrected chi connectivity index (χ3v) is 5.25. The van der Waals surface area contributed by atoms with E-state index in [2.05, 4.69) is 71.9 Å². The number of aromatic nitrogens is 2. The highest BCUT2D eigenvalue weighted by atomic mass is 15.1. The molecular weight excluding hydrogens is 306 g/mol. The summed E-state index contributed by atoms with van der Waals surface area (Å²) in [5.41, 5.74) is 9.13. The predicted molar refractivity (Wildman–Crippen MR) is 106 cm³/mol. The number of rotatable bonds is 2. The van der Waals surface area contributed by atoms with Crippen molar-refractivity contribution in [2.24, 2.45) is 7.05 Å². The van der Waals surface area contributed by atoms with Gasteiger partial charge in [-0.1, -0.05) is 18.2 Å². The summed E-state index contributed by atoms with van der Waals surface area (Å²) in [6.07, 6.45) is 7.46. The molecule has 3 heterocycles. The van der Waals surface area contributed by atoms with Crippen molar-refractivity contribution in [3.8, 4) is 0 Å². The van der Waals surface area contributed by atoms with Gasteiger partial charge in [0.1, 0.15) is 0 Å². The first-order valence-corrected chi connectivity index (χ1v) is 8.93. The highest BCUT2D eigenvalue weighted by Gasteiger charge is 2.22. The SMILES string of the molecule is Cc1cc(/C=C/c2ccc(C)nc2)c2c(c1)c1c(n2C)CCN(C)C1. The molecule has 0 radical (unpaired) electrons. The van der Waals surface area contributed by atoms with Gasteiger partial charge < -0.3 is 9.47 Å². The number of hydrogen-bond acceptors (Lipinski definition) is 2. The summed E-state index contributed by atoms with van der Waals surface area (Å²) >= 11 is 0. The van der Waals surface area contributed by atoms with Crippen molar-refractivity contribution < 1.29 is 0 Å². The number of likely N-dealkylation sites (N-methyl/N-ethyl adjacent to an activating group) is 1. The van der Waals surface area contributed by atoms with E-state index in [9.17, 15) is 0 Å². The van der Waals surface area contributed by atoms with E-state index in [4.69, 9.17) is 0 Å². The summed E-state index contributed by atoms with van der Waals surface area (Å²) in [6, 6.07) is 8.81. The third kappa shape index (κ3) is 2.89. The minimum absolute atomic E-state index is 1.04. The molecule has 0 amide bonds. The maximum Gasteiger partial charge on any atom is 0.0557 e. The first kappa shape index (κ1) is 16.1. The lowest BCUT2D eigenvalue weighted by atomic mass is 10.0. The first-order chi connectivity index (χ1) is 12.0. The molecule has 3 heteroatoms. The van der Waals surface area contributed by atoms with E-state index in [1.54, 1.807) is 0 Å². The summed E-state index contributed by atoms with van der Waals surface area (Å²) < 4.78 is 2.41. The van der Waals surface area contributed by atoms with Crippen LogP contribution in [0, 0.1) is 13.8 Å². The minimum Gasteiger partial charge on any atom is -0.347 e. The second-order valence-electron chi connectivity index (χ2n) is 7.29. The summed E-state index contributed by atoms with van der Waals surface area (Å²) in [5.74, 6) is 0. The molecule has 1 aliphatic heterocycles. The number of benzene rings is 1. The Balaban J connectivity index is 1.85. The van der Waals surface area contributed by atoms with Crippen LogP contribution < -0.4 is 0 Å². The van der Waals surface area contributed by atoms with Gasteiger partial charge >= 0.3 is 0 Å². The Morgan fingerprint density at radius 1 is 1.08 bits per heavy atom. The van der Waals surface area contributed by atoms with Crippen LogP contribution in [0.2, 0.25) is 0 Å². The Morgan fingerprint density at radius 3 is 2.68 bits per heavy atom. The van der Waals surface area contributed by atoms with Gasteiger partial charge in [0.2, 0.25) is 0 Å². The van der Waals surface area contributed by atoms with E-state index in [0.29, 0.717) is 0 Å². The number of fused-ring (bicyclic) bond motifs is 3. The normalized spacial score (nSPS) is 15.2. The molecule has 4 rings (SSSR count). The molecule has 0 spiro atoms. The van der Waals surface area contributed by atoms with Crippen molar-refractivity contribution >= 4 is 23.1 Å². The van der Waals surface area contributed by atoms with Gasteiger partial charge in [-0.15, -0.1) is 0 Å².